The Labute approximate surface area is 204 Å². The van der Waals surface area contributed by atoms with Crippen molar-refractivity contribution in [2.45, 2.75) is 13.5 Å². The molecule has 0 spiro atoms. The fraction of sp³-hybridized carbons (Fsp3) is 0.120. The molecule has 8 nitrogen and oxygen atoms in total. The second-order valence-electron chi connectivity index (χ2n) is 6.97. The first-order chi connectivity index (χ1) is 16.4. The molecule has 0 heterocycles. The summed E-state index contributed by atoms with van der Waals surface area (Å²) in [5.74, 6) is 0.330. The third-order valence-electron chi connectivity index (χ3n) is 4.57. The molecule has 0 saturated carbocycles. The van der Waals surface area contributed by atoms with Crippen molar-refractivity contribution in [2.75, 3.05) is 11.9 Å². The van der Waals surface area contributed by atoms with Crippen LogP contribution in [0.25, 0.3) is 6.08 Å². The van der Waals surface area contributed by atoms with Crippen molar-refractivity contribution in [3.05, 3.63) is 98.0 Å². The Morgan fingerprint density at radius 3 is 2.47 bits per heavy atom. The van der Waals surface area contributed by atoms with Crippen molar-refractivity contribution < 1.29 is 19.2 Å². The zero-order valence-electron chi connectivity index (χ0n) is 18.2. The molecule has 0 aromatic heterocycles. The SMILES string of the molecule is CCOc1cc(/C=C(/C#N)C(=O)Nc2ccccc2)cc(Br)c1OCc1ccc([N+](=O)[O-])cc1. The van der Waals surface area contributed by atoms with Gasteiger partial charge in [0.05, 0.1) is 16.0 Å². The lowest BCUT2D eigenvalue weighted by Gasteiger charge is -2.15. The smallest absolute Gasteiger partial charge is 0.269 e. The van der Waals surface area contributed by atoms with Crippen molar-refractivity contribution in [2.24, 2.45) is 0 Å². The van der Waals surface area contributed by atoms with Gasteiger partial charge >= 0.3 is 0 Å². The van der Waals surface area contributed by atoms with E-state index in [-0.39, 0.29) is 17.9 Å². The minimum Gasteiger partial charge on any atom is -0.490 e. The number of nitriles is 1. The molecule has 3 rings (SSSR count). The molecule has 3 aromatic carbocycles. The summed E-state index contributed by atoms with van der Waals surface area (Å²) in [7, 11) is 0. The van der Waals surface area contributed by atoms with Crippen LogP contribution < -0.4 is 14.8 Å². The summed E-state index contributed by atoms with van der Waals surface area (Å²) in [6.07, 6.45) is 1.46. The fourth-order valence-corrected chi connectivity index (χ4v) is 3.55. The minimum absolute atomic E-state index is 0.000624. The van der Waals surface area contributed by atoms with Gasteiger partial charge in [-0.1, -0.05) is 18.2 Å². The molecule has 172 valence electrons. The molecule has 0 aliphatic heterocycles. The van der Waals surface area contributed by atoms with E-state index < -0.39 is 10.8 Å². The van der Waals surface area contributed by atoms with Gasteiger partial charge in [0.2, 0.25) is 0 Å². The number of rotatable bonds is 9. The van der Waals surface area contributed by atoms with Crippen LogP contribution in [0, 0.1) is 21.4 Å². The van der Waals surface area contributed by atoms with Gasteiger partial charge in [-0.3, -0.25) is 14.9 Å². The summed E-state index contributed by atoms with van der Waals surface area (Å²) in [6, 6.07) is 20.2. The first kappa shape index (κ1) is 24.5. The number of hydrogen-bond acceptors (Lipinski definition) is 6. The number of ether oxygens (including phenoxy) is 2. The van der Waals surface area contributed by atoms with E-state index in [1.165, 1.54) is 18.2 Å². The van der Waals surface area contributed by atoms with Gasteiger partial charge in [-0.05, 0) is 76.5 Å². The Hall–Kier alpha value is -4.16. The number of carbonyl (C=O) groups excluding carboxylic acids is 1. The Morgan fingerprint density at radius 2 is 1.85 bits per heavy atom. The highest BCUT2D eigenvalue weighted by Gasteiger charge is 2.15. The van der Waals surface area contributed by atoms with E-state index in [9.17, 15) is 20.2 Å². The molecule has 0 bridgehead atoms. The van der Waals surface area contributed by atoms with E-state index >= 15 is 0 Å². The standard InChI is InChI=1S/C25H20BrN3O5/c1-2-33-23-14-18(12-19(15-27)25(30)28-20-6-4-3-5-7-20)13-22(26)24(23)34-16-17-8-10-21(11-9-17)29(31)32/h3-14H,2,16H2,1H3,(H,28,30)/b19-12-. The summed E-state index contributed by atoms with van der Waals surface area (Å²) in [5, 5.41) is 23.0. The zero-order valence-corrected chi connectivity index (χ0v) is 19.7. The highest BCUT2D eigenvalue weighted by atomic mass is 79.9. The summed E-state index contributed by atoms with van der Waals surface area (Å²) in [5.41, 5.74) is 1.82. The summed E-state index contributed by atoms with van der Waals surface area (Å²) < 4.78 is 12.2. The number of carbonyl (C=O) groups is 1. The number of nitrogens with zero attached hydrogens (tertiary/aromatic N) is 2. The maximum Gasteiger partial charge on any atom is 0.269 e. The van der Waals surface area contributed by atoms with Gasteiger partial charge in [0.1, 0.15) is 18.2 Å². The van der Waals surface area contributed by atoms with Crippen molar-refractivity contribution in [3.8, 4) is 17.6 Å². The van der Waals surface area contributed by atoms with E-state index in [4.69, 9.17) is 9.47 Å². The minimum atomic E-state index is -0.527. The van der Waals surface area contributed by atoms with E-state index in [1.807, 2.05) is 19.1 Å². The average molecular weight is 522 g/mol. The van der Waals surface area contributed by atoms with Crippen LogP contribution >= 0.6 is 15.9 Å². The highest BCUT2D eigenvalue weighted by molar-refractivity contribution is 9.10. The van der Waals surface area contributed by atoms with Crippen LogP contribution in [0.5, 0.6) is 11.5 Å². The van der Waals surface area contributed by atoms with Crippen molar-refractivity contribution >= 4 is 39.3 Å². The van der Waals surface area contributed by atoms with Gasteiger partial charge in [0, 0.05) is 17.8 Å². The number of hydrogen-bond donors (Lipinski definition) is 1. The summed E-state index contributed by atoms with van der Waals surface area (Å²) >= 11 is 3.47. The molecule has 0 aliphatic rings. The Balaban J connectivity index is 1.82. The Bertz CT molecular complexity index is 1250. The van der Waals surface area contributed by atoms with Crippen molar-refractivity contribution in [1.29, 1.82) is 5.26 Å². The van der Waals surface area contributed by atoms with Crippen LogP contribution in [0.3, 0.4) is 0 Å². The molecule has 0 unspecified atom stereocenters. The van der Waals surface area contributed by atoms with Gasteiger partial charge in [-0.25, -0.2) is 0 Å². The number of anilines is 1. The maximum atomic E-state index is 12.5. The second kappa shape index (κ2) is 11.6. The summed E-state index contributed by atoms with van der Waals surface area (Å²) in [6.45, 7) is 2.35. The predicted octanol–water partition coefficient (Wildman–Crippen LogP) is 5.88. The molecule has 3 aromatic rings. The van der Waals surface area contributed by atoms with E-state index in [1.54, 1.807) is 48.5 Å². The van der Waals surface area contributed by atoms with Crippen LogP contribution in [0.4, 0.5) is 11.4 Å². The van der Waals surface area contributed by atoms with Crippen molar-refractivity contribution in [1.82, 2.24) is 0 Å². The fourth-order valence-electron chi connectivity index (χ4n) is 2.98. The number of halogens is 1. The largest absolute Gasteiger partial charge is 0.490 e. The molecule has 9 heteroatoms. The third-order valence-corrected chi connectivity index (χ3v) is 5.16. The third kappa shape index (κ3) is 6.43. The highest BCUT2D eigenvalue weighted by Crippen LogP contribution is 2.38. The molecule has 0 fully saturated rings. The number of para-hydroxylation sites is 1. The van der Waals surface area contributed by atoms with Gasteiger partial charge in [-0.2, -0.15) is 5.26 Å². The van der Waals surface area contributed by atoms with Crippen LogP contribution in [-0.2, 0) is 11.4 Å². The molecule has 34 heavy (non-hydrogen) atoms. The number of nitro benzene ring substituents is 1. The van der Waals surface area contributed by atoms with E-state index in [0.717, 1.165) is 5.56 Å². The van der Waals surface area contributed by atoms with Crippen molar-refractivity contribution in [3.63, 3.8) is 0 Å². The molecule has 0 atom stereocenters. The molecular formula is C25H20BrN3O5. The van der Waals surface area contributed by atoms with Gasteiger partial charge < -0.3 is 14.8 Å². The first-order valence-corrected chi connectivity index (χ1v) is 11.0. The van der Waals surface area contributed by atoms with Crippen LogP contribution in [0.15, 0.2) is 76.8 Å². The summed E-state index contributed by atoms with van der Waals surface area (Å²) in [4.78, 5) is 22.9. The predicted molar refractivity (Wildman–Crippen MR) is 131 cm³/mol. The van der Waals surface area contributed by atoms with Crippen LogP contribution in [0.1, 0.15) is 18.1 Å². The second-order valence-corrected chi connectivity index (χ2v) is 7.82. The van der Waals surface area contributed by atoms with Gasteiger partial charge in [0.25, 0.3) is 11.6 Å². The Morgan fingerprint density at radius 1 is 1.15 bits per heavy atom. The Kier molecular flexibility index (Phi) is 8.37. The lowest BCUT2D eigenvalue weighted by Crippen LogP contribution is -2.13. The topological polar surface area (TPSA) is 114 Å². The van der Waals surface area contributed by atoms with Crippen LogP contribution in [0.2, 0.25) is 0 Å². The number of nitro groups is 1. The van der Waals surface area contributed by atoms with E-state index in [2.05, 4.69) is 21.2 Å². The molecule has 1 N–H and O–H groups in total. The maximum absolute atomic E-state index is 12.5. The molecular weight excluding hydrogens is 502 g/mol. The van der Waals surface area contributed by atoms with Gasteiger partial charge in [-0.15, -0.1) is 0 Å². The normalized spacial score (nSPS) is 10.8. The molecule has 0 radical (unpaired) electrons. The quantitative estimate of drug-likeness (QED) is 0.162. The monoisotopic (exact) mass is 521 g/mol. The lowest BCUT2D eigenvalue weighted by atomic mass is 10.1. The van der Waals surface area contributed by atoms with E-state index in [0.29, 0.717) is 33.8 Å². The first-order valence-electron chi connectivity index (χ1n) is 10.2. The number of benzene rings is 3. The molecule has 1 amide bonds. The number of nitrogens with one attached hydrogen (secondary N) is 1. The van der Waals surface area contributed by atoms with Gasteiger partial charge in [0.15, 0.2) is 11.5 Å². The number of non-ortho nitro benzene ring substituents is 1. The van der Waals surface area contributed by atoms with Crippen LogP contribution in [-0.4, -0.2) is 17.4 Å². The lowest BCUT2D eigenvalue weighted by molar-refractivity contribution is -0.384. The molecule has 0 saturated heterocycles. The average Bonchev–Trinajstić information content (AvgIpc) is 2.83. The zero-order chi connectivity index (χ0) is 24.5. The molecule has 0 aliphatic carbocycles. The number of amides is 1.